The van der Waals surface area contributed by atoms with Crippen LogP contribution in [0.4, 0.5) is 10.1 Å². The maximum atomic E-state index is 13.0. The van der Waals surface area contributed by atoms with Gasteiger partial charge in [-0.1, -0.05) is 18.6 Å². The zero-order valence-electron chi connectivity index (χ0n) is 16.8. The predicted octanol–water partition coefficient (Wildman–Crippen LogP) is 4.05. The highest BCUT2D eigenvalue weighted by molar-refractivity contribution is 7.89. The van der Waals surface area contributed by atoms with Crippen molar-refractivity contribution >= 4 is 27.7 Å². The fourth-order valence-electron chi connectivity index (χ4n) is 3.22. The molecule has 6 nitrogen and oxygen atoms in total. The lowest BCUT2D eigenvalue weighted by Gasteiger charge is -2.26. The highest BCUT2D eigenvalue weighted by Gasteiger charge is 2.26. The number of sulfonamides is 1. The molecule has 0 unspecified atom stereocenters. The van der Waals surface area contributed by atoms with Gasteiger partial charge >= 0.3 is 0 Å². The fourth-order valence-corrected chi connectivity index (χ4v) is 4.77. The van der Waals surface area contributed by atoms with Gasteiger partial charge in [-0.3, -0.25) is 4.79 Å². The topological polar surface area (TPSA) is 75.7 Å². The Bertz CT molecular complexity index is 1010. The van der Waals surface area contributed by atoms with Crippen LogP contribution in [0.2, 0.25) is 0 Å². The summed E-state index contributed by atoms with van der Waals surface area (Å²) in [7, 11) is -3.64. The number of rotatable bonds is 7. The molecule has 0 aromatic heterocycles. The number of anilines is 1. The third-order valence-corrected chi connectivity index (χ3v) is 6.65. The standard InChI is InChI=1S/C22H25FN2O4S/c1-2-29-21-12-11-19(30(27,28)25-14-4-3-5-15-25)16-20(21)24-22(26)13-8-17-6-9-18(23)10-7-17/h6-13,16H,2-5,14-15H2,1H3,(H,24,26). The van der Waals surface area contributed by atoms with Crippen molar-refractivity contribution in [1.82, 2.24) is 4.31 Å². The van der Waals surface area contributed by atoms with Crippen LogP contribution in [-0.4, -0.2) is 38.3 Å². The minimum Gasteiger partial charge on any atom is -0.492 e. The summed E-state index contributed by atoms with van der Waals surface area (Å²) < 4.78 is 45.9. The van der Waals surface area contributed by atoms with Crippen LogP contribution in [0.25, 0.3) is 6.08 Å². The van der Waals surface area contributed by atoms with Gasteiger partial charge in [0.2, 0.25) is 15.9 Å². The molecule has 0 saturated carbocycles. The quantitative estimate of drug-likeness (QED) is 0.670. The van der Waals surface area contributed by atoms with E-state index in [1.54, 1.807) is 31.2 Å². The van der Waals surface area contributed by atoms with Gasteiger partial charge in [0.1, 0.15) is 11.6 Å². The van der Waals surface area contributed by atoms with Crippen molar-refractivity contribution in [2.75, 3.05) is 25.0 Å². The molecule has 1 amide bonds. The summed E-state index contributed by atoms with van der Waals surface area (Å²) in [6.45, 7) is 3.17. The van der Waals surface area contributed by atoms with Crippen LogP contribution in [-0.2, 0) is 14.8 Å². The molecule has 1 aliphatic rings. The van der Waals surface area contributed by atoms with Crippen molar-refractivity contribution in [3.63, 3.8) is 0 Å². The summed E-state index contributed by atoms with van der Waals surface area (Å²) in [4.78, 5) is 12.5. The van der Waals surface area contributed by atoms with Gasteiger partial charge < -0.3 is 10.1 Å². The average molecular weight is 433 g/mol. The molecule has 3 rings (SSSR count). The first-order chi connectivity index (χ1) is 14.4. The van der Waals surface area contributed by atoms with Gasteiger partial charge in [-0.2, -0.15) is 4.31 Å². The van der Waals surface area contributed by atoms with Gasteiger partial charge in [0, 0.05) is 19.2 Å². The Morgan fingerprint density at radius 3 is 2.50 bits per heavy atom. The highest BCUT2D eigenvalue weighted by Crippen LogP contribution is 2.30. The average Bonchev–Trinajstić information content (AvgIpc) is 2.75. The molecule has 1 saturated heterocycles. The Hall–Kier alpha value is -2.71. The minimum absolute atomic E-state index is 0.116. The number of amides is 1. The molecule has 160 valence electrons. The van der Waals surface area contributed by atoms with Crippen molar-refractivity contribution in [2.45, 2.75) is 31.1 Å². The monoisotopic (exact) mass is 432 g/mol. The number of hydrogen-bond acceptors (Lipinski definition) is 4. The number of piperidine rings is 1. The van der Waals surface area contributed by atoms with E-state index in [0.717, 1.165) is 19.3 Å². The van der Waals surface area contributed by atoms with E-state index >= 15 is 0 Å². The maximum absolute atomic E-state index is 13.0. The molecule has 0 aliphatic carbocycles. The molecule has 1 aliphatic heterocycles. The molecule has 2 aromatic rings. The number of benzene rings is 2. The van der Waals surface area contributed by atoms with E-state index in [-0.39, 0.29) is 16.4 Å². The van der Waals surface area contributed by atoms with E-state index in [2.05, 4.69) is 5.32 Å². The molecule has 1 fully saturated rings. The van der Waals surface area contributed by atoms with Gasteiger partial charge in [-0.25, -0.2) is 12.8 Å². The van der Waals surface area contributed by atoms with E-state index in [4.69, 9.17) is 4.74 Å². The van der Waals surface area contributed by atoms with E-state index in [1.165, 1.54) is 34.6 Å². The smallest absolute Gasteiger partial charge is 0.248 e. The Balaban J connectivity index is 1.82. The van der Waals surface area contributed by atoms with Gasteiger partial charge in [0.05, 0.1) is 17.2 Å². The molecule has 0 spiro atoms. The van der Waals surface area contributed by atoms with E-state index < -0.39 is 15.9 Å². The van der Waals surface area contributed by atoms with Crippen LogP contribution in [0.15, 0.2) is 53.4 Å². The number of ether oxygens (including phenoxy) is 1. The molecule has 0 atom stereocenters. The number of nitrogens with zero attached hydrogens (tertiary/aromatic N) is 1. The molecule has 1 heterocycles. The SMILES string of the molecule is CCOc1ccc(S(=O)(=O)N2CCCCC2)cc1NC(=O)C=Cc1ccc(F)cc1. The second-order valence-corrected chi connectivity index (χ2v) is 8.87. The zero-order valence-corrected chi connectivity index (χ0v) is 17.6. The molecular formula is C22H25FN2O4S. The van der Waals surface area contributed by atoms with Crippen LogP contribution in [0.5, 0.6) is 5.75 Å². The van der Waals surface area contributed by atoms with Crippen molar-refractivity contribution in [3.8, 4) is 5.75 Å². The summed E-state index contributed by atoms with van der Waals surface area (Å²) in [5.74, 6) is -0.420. The summed E-state index contributed by atoms with van der Waals surface area (Å²) in [6, 6.07) is 10.2. The number of halogens is 1. The van der Waals surface area contributed by atoms with E-state index in [1.807, 2.05) is 0 Å². The van der Waals surface area contributed by atoms with Crippen LogP contribution in [0.1, 0.15) is 31.7 Å². The molecule has 8 heteroatoms. The van der Waals surface area contributed by atoms with Gasteiger partial charge in [-0.15, -0.1) is 0 Å². The molecular weight excluding hydrogens is 407 g/mol. The van der Waals surface area contributed by atoms with Crippen LogP contribution < -0.4 is 10.1 Å². The Labute approximate surface area is 176 Å². The zero-order chi connectivity index (χ0) is 21.6. The number of nitrogens with one attached hydrogen (secondary N) is 1. The van der Waals surface area contributed by atoms with Crippen LogP contribution >= 0.6 is 0 Å². The summed E-state index contributed by atoms with van der Waals surface area (Å²) >= 11 is 0. The lowest BCUT2D eigenvalue weighted by molar-refractivity contribution is -0.111. The van der Waals surface area contributed by atoms with E-state index in [9.17, 15) is 17.6 Å². The Morgan fingerprint density at radius 2 is 1.83 bits per heavy atom. The third kappa shape index (κ3) is 5.46. The Kier molecular flexibility index (Phi) is 7.23. The van der Waals surface area contributed by atoms with Crippen molar-refractivity contribution < 1.29 is 22.3 Å². The van der Waals surface area contributed by atoms with Crippen LogP contribution in [0.3, 0.4) is 0 Å². The first-order valence-corrected chi connectivity index (χ1v) is 11.4. The first kappa shape index (κ1) is 22.0. The fraction of sp³-hybridized carbons (Fsp3) is 0.318. The summed E-state index contributed by atoms with van der Waals surface area (Å²) in [5.41, 5.74) is 0.946. The van der Waals surface area contributed by atoms with Crippen molar-refractivity contribution in [3.05, 3.63) is 59.9 Å². The number of carbonyl (C=O) groups excluding carboxylic acids is 1. The lowest BCUT2D eigenvalue weighted by Crippen LogP contribution is -2.35. The summed E-state index contributed by atoms with van der Waals surface area (Å²) in [5, 5.41) is 2.68. The maximum Gasteiger partial charge on any atom is 0.248 e. The van der Waals surface area contributed by atoms with Gasteiger partial charge in [-0.05, 0) is 61.7 Å². The number of carbonyl (C=O) groups is 1. The first-order valence-electron chi connectivity index (χ1n) is 9.92. The molecule has 0 bridgehead atoms. The minimum atomic E-state index is -3.64. The Morgan fingerprint density at radius 1 is 1.13 bits per heavy atom. The van der Waals surface area contributed by atoms with Crippen LogP contribution in [0, 0.1) is 5.82 Å². The molecule has 30 heavy (non-hydrogen) atoms. The largest absolute Gasteiger partial charge is 0.492 e. The normalized spacial score (nSPS) is 15.3. The van der Waals surface area contributed by atoms with Crippen molar-refractivity contribution in [1.29, 1.82) is 0 Å². The van der Waals surface area contributed by atoms with E-state index in [0.29, 0.717) is 31.0 Å². The number of hydrogen-bond donors (Lipinski definition) is 1. The third-order valence-electron chi connectivity index (χ3n) is 4.76. The molecule has 0 radical (unpaired) electrons. The second-order valence-electron chi connectivity index (χ2n) is 6.93. The summed E-state index contributed by atoms with van der Waals surface area (Å²) in [6.07, 6.45) is 5.55. The second kappa shape index (κ2) is 9.86. The predicted molar refractivity (Wildman–Crippen MR) is 114 cm³/mol. The van der Waals surface area contributed by atoms with Gasteiger partial charge in [0.25, 0.3) is 0 Å². The van der Waals surface area contributed by atoms with Crippen molar-refractivity contribution in [2.24, 2.45) is 0 Å². The highest BCUT2D eigenvalue weighted by atomic mass is 32.2. The van der Waals surface area contributed by atoms with Gasteiger partial charge in [0.15, 0.2) is 0 Å². The molecule has 2 aromatic carbocycles. The molecule has 1 N–H and O–H groups in total. The lowest BCUT2D eigenvalue weighted by atomic mass is 10.2.